The maximum atomic E-state index is 13.6. The molecule has 2 aliphatic rings. The standard InChI is InChI=1S/C29H33FN6O2/c1-19(37)35-15-12-27-24(18-35)28(20-6-8-22(30)9-7-20)33-36(27)17-23(38)16-34-13-10-21(11-14-34)29-31-25-4-2-3-5-26(25)32-29/h2-9,21,23,38H,10-18H2,1H3,(H,31,32). The lowest BCUT2D eigenvalue weighted by molar-refractivity contribution is -0.129. The van der Waals surface area contributed by atoms with Crippen molar-refractivity contribution in [3.05, 3.63) is 71.4 Å². The number of aromatic amines is 1. The van der Waals surface area contributed by atoms with Gasteiger partial charge in [-0.25, -0.2) is 9.37 Å². The molecule has 1 amide bonds. The number of piperidine rings is 1. The molecule has 8 nitrogen and oxygen atoms in total. The second-order valence-corrected chi connectivity index (χ2v) is 10.5. The molecule has 9 heteroatoms. The molecule has 0 spiro atoms. The molecule has 0 saturated carbocycles. The van der Waals surface area contributed by atoms with Crippen LogP contribution in [0.25, 0.3) is 22.3 Å². The van der Waals surface area contributed by atoms with Crippen LogP contribution in [-0.4, -0.2) is 72.8 Å². The Morgan fingerprint density at radius 2 is 1.87 bits per heavy atom. The molecule has 1 atom stereocenters. The Morgan fingerprint density at radius 3 is 2.61 bits per heavy atom. The summed E-state index contributed by atoms with van der Waals surface area (Å²) in [6, 6.07) is 14.4. The predicted molar refractivity (Wildman–Crippen MR) is 143 cm³/mol. The first-order valence-corrected chi connectivity index (χ1v) is 13.4. The van der Waals surface area contributed by atoms with Crippen LogP contribution in [0.4, 0.5) is 4.39 Å². The van der Waals surface area contributed by atoms with Gasteiger partial charge in [-0.05, 0) is 62.3 Å². The number of aliphatic hydroxyl groups excluding tert-OH is 1. The van der Waals surface area contributed by atoms with Crippen molar-refractivity contribution in [2.45, 2.75) is 51.3 Å². The van der Waals surface area contributed by atoms with Gasteiger partial charge in [0.15, 0.2) is 0 Å². The van der Waals surface area contributed by atoms with Crippen molar-refractivity contribution < 1.29 is 14.3 Å². The summed E-state index contributed by atoms with van der Waals surface area (Å²) in [5, 5.41) is 15.9. The van der Waals surface area contributed by atoms with E-state index in [0.717, 1.165) is 65.3 Å². The largest absolute Gasteiger partial charge is 0.390 e. The van der Waals surface area contributed by atoms with E-state index in [9.17, 15) is 14.3 Å². The number of nitrogens with zero attached hydrogens (tertiary/aromatic N) is 5. The number of likely N-dealkylation sites (tertiary alicyclic amines) is 1. The monoisotopic (exact) mass is 516 g/mol. The van der Waals surface area contributed by atoms with Crippen LogP contribution in [0, 0.1) is 5.82 Å². The fourth-order valence-electron chi connectivity index (χ4n) is 5.86. The first-order valence-electron chi connectivity index (χ1n) is 13.4. The van der Waals surface area contributed by atoms with Crippen LogP contribution in [0.5, 0.6) is 0 Å². The van der Waals surface area contributed by atoms with Crippen molar-refractivity contribution in [2.75, 3.05) is 26.2 Å². The third-order valence-corrected chi connectivity index (χ3v) is 7.93. The summed E-state index contributed by atoms with van der Waals surface area (Å²) >= 11 is 0. The number of imidazole rings is 1. The minimum atomic E-state index is -0.575. The average molecular weight is 517 g/mol. The predicted octanol–water partition coefficient (Wildman–Crippen LogP) is 3.71. The van der Waals surface area contributed by atoms with E-state index >= 15 is 0 Å². The first kappa shape index (κ1) is 24.8. The molecule has 0 aliphatic carbocycles. The first-order chi connectivity index (χ1) is 18.4. The number of aromatic nitrogens is 4. The number of hydrogen-bond acceptors (Lipinski definition) is 5. The molecule has 2 N–H and O–H groups in total. The highest BCUT2D eigenvalue weighted by molar-refractivity contribution is 5.75. The number of H-pyrrole nitrogens is 1. The second kappa shape index (κ2) is 10.3. The number of carbonyl (C=O) groups is 1. The third kappa shape index (κ3) is 4.96. The van der Waals surface area contributed by atoms with Crippen molar-refractivity contribution in [3.8, 4) is 11.3 Å². The lowest BCUT2D eigenvalue weighted by atomic mass is 9.96. The number of para-hydroxylation sites is 2. The van der Waals surface area contributed by atoms with Crippen LogP contribution in [0.2, 0.25) is 0 Å². The molecule has 0 radical (unpaired) electrons. The Balaban J connectivity index is 1.13. The maximum absolute atomic E-state index is 13.6. The van der Waals surface area contributed by atoms with Crippen molar-refractivity contribution >= 4 is 16.9 Å². The molecule has 4 aromatic rings. The summed E-state index contributed by atoms with van der Waals surface area (Å²) in [7, 11) is 0. The molecule has 4 heterocycles. The molecular weight excluding hydrogens is 483 g/mol. The van der Waals surface area contributed by atoms with Gasteiger partial charge in [0.25, 0.3) is 0 Å². The van der Waals surface area contributed by atoms with Gasteiger partial charge in [-0.3, -0.25) is 9.48 Å². The number of hydrogen-bond donors (Lipinski definition) is 2. The summed E-state index contributed by atoms with van der Waals surface area (Å²) in [4.78, 5) is 24.5. The van der Waals surface area contributed by atoms with E-state index in [1.807, 2.05) is 27.8 Å². The number of benzene rings is 2. The van der Waals surface area contributed by atoms with Crippen LogP contribution in [0.1, 0.15) is 42.8 Å². The quantitative estimate of drug-likeness (QED) is 0.408. The van der Waals surface area contributed by atoms with Gasteiger partial charge < -0.3 is 19.9 Å². The lowest BCUT2D eigenvalue weighted by Gasteiger charge is -2.32. The average Bonchev–Trinajstić information content (AvgIpc) is 3.51. The molecular formula is C29H33FN6O2. The number of amides is 1. The van der Waals surface area contributed by atoms with Crippen molar-refractivity contribution in [3.63, 3.8) is 0 Å². The zero-order valence-electron chi connectivity index (χ0n) is 21.6. The van der Waals surface area contributed by atoms with Crippen LogP contribution < -0.4 is 0 Å². The van der Waals surface area contributed by atoms with E-state index in [1.165, 1.54) is 12.1 Å². The van der Waals surface area contributed by atoms with E-state index in [1.54, 1.807) is 19.1 Å². The Morgan fingerprint density at radius 1 is 1.11 bits per heavy atom. The van der Waals surface area contributed by atoms with Gasteiger partial charge >= 0.3 is 0 Å². The van der Waals surface area contributed by atoms with Crippen LogP contribution in [0.15, 0.2) is 48.5 Å². The number of halogens is 1. The highest BCUT2D eigenvalue weighted by Gasteiger charge is 2.29. The molecule has 1 fully saturated rings. The lowest BCUT2D eigenvalue weighted by Crippen LogP contribution is -2.40. The molecule has 2 aromatic carbocycles. The Bertz CT molecular complexity index is 1400. The van der Waals surface area contributed by atoms with E-state index in [0.29, 0.717) is 38.5 Å². The van der Waals surface area contributed by atoms with Gasteiger partial charge in [0.05, 0.1) is 29.4 Å². The van der Waals surface area contributed by atoms with Gasteiger partial charge in [-0.2, -0.15) is 5.10 Å². The topological polar surface area (TPSA) is 90.3 Å². The smallest absolute Gasteiger partial charge is 0.219 e. The van der Waals surface area contributed by atoms with Crippen molar-refractivity contribution in [1.29, 1.82) is 0 Å². The fraction of sp³-hybridized carbons (Fsp3) is 0.414. The number of β-amino-alcohol motifs (C(OH)–C–C–N with tert-alkyl or cyclic N) is 1. The van der Waals surface area contributed by atoms with Crippen LogP contribution in [0.3, 0.4) is 0 Å². The SMILES string of the molecule is CC(=O)N1CCc2c(c(-c3ccc(F)cc3)nn2CC(O)CN2CCC(c3nc4ccccc4[nH]3)CC2)C1. The third-order valence-electron chi connectivity index (χ3n) is 7.93. The minimum absolute atomic E-state index is 0.0274. The van der Waals surface area contributed by atoms with Gasteiger partial charge in [-0.15, -0.1) is 0 Å². The Hall–Kier alpha value is -3.56. The fourth-order valence-corrected chi connectivity index (χ4v) is 5.86. The highest BCUT2D eigenvalue weighted by atomic mass is 19.1. The summed E-state index contributed by atoms with van der Waals surface area (Å²) in [6.07, 6.45) is 2.10. The summed E-state index contributed by atoms with van der Waals surface area (Å²) < 4.78 is 15.5. The van der Waals surface area contributed by atoms with Gasteiger partial charge in [0.1, 0.15) is 11.6 Å². The van der Waals surface area contributed by atoms with Crippen LogP contribution in [-0.2, 0) is 24.3 Å². The summed E-state index contributed by atoms with van der Waals surface area (Å²) in [5.41, 5.74) is 5.68. The molecule has 6 rings (SSSR count). The van der Waals surface area contributed by atoms with E-state index in [2.05, 4.69) is 16.0 Å². The molecule has 0 bridgehead atoms. The molecule has 38 heavy (non-hydrogen) atoms. The normalized spacial score (nSPS) is 17.6. The molecule has 1 unspecified atom stereocenters. The molecule has 2 aromatic heterocycles. The number of nitrogens with one attached hydrogen (secondary N) is 1. The minimum Gasteiger partial charge on any atom is -0.390 e. The van der Waals surface area contributed by atoms with Gasteiger partial charge in [-0.1, -0.05) is 12.1 Å². The van der Waals surface area contributed by atoms with E-state index in [-0.39, 0.29) is 11.7 Å². The van der Waals surface area contributed by atoms with Crippen molar-refractivity contribution in [2.24, 2.45) is 0 Å². The van der Waals surface area contributed by atoms with Gasteiger partial charge in [0.2, 0.25) is 5.91 Å². The Labute approximate surface area is 221 Å². The number of carbonyl (C=O) groups excluding carboxylic acids is 1. The van der Waals surface area contributed by atoms with E-state index < -0.39 is 6.10 Å². The number of rotatable bonds is 6. The zero-order chi connectivity index (χ0) is 26.2. The van der Waals surface area contributed by atoms with Crippen molar-refractivity contribution in [1.82, 2.24) is 29.5 Å². The number of aliphatic hydroxyl groups is 1. The highest BCUT2D eigenvalue weighted by Crippen LogP contribution is 2.31. The number of fused-ring (bicyclic) bond motifs is 2. The second-order valence-electron chi connectivity index (χ2n) is 10.5. The Kier molecular flexibility index (Phi) is 6.71. The van der Waals surface area contributed by atoms with Gasteiger partial charge in [0, 0.05) is 55.7 Å². The molecule has 1 saturated heterocycles. The summed E-state index contributed by atoms with van der Waals surface area (Å²) in [6.45, 7) is 5.45. The van der Waals surface area contributed by atoms with Crippen LogP contribution >= 0.6 is 0 Å². The molecule has 2 aliphatic heterocycles. The maximum Gasteiger partial charge on any atom is 0.219 e. The molecule has 198 valence electrons. The summed E-state index contributed by atoms with van der Waals surface area (Å²) in [5.74, 6) is 1.19. The zero-order valence-corrected chi connectivity index (χ0v) is 21.6. The van der Waals surface area contributed by atoms with E-state index in [4.69, 9.17) is 10.1 Å².